The third kappa shape index (κ3) is 5.95. The van der Waals surface area contributed by atoms with E-state index in [1.807, 2.05) is 12.1 Å². The van der Waals surface area contributed by atoms with Gasteiger partial charge in [0.2, 0.25) is 11.8 Å². The Balaban J connectivity index is 2.43. The maximum absolute atomic E-state index is 11.9. The predicted molar refractivity (Wildman–Crippen MR) is 84.1 cm³/mol. The second-order valence-corrected chi connectivity index (χ2v) is 6.06. The van der Waals surface area contributed by atoms with Crippen molar-refractivity contribution in [2.45, 2.75) is 39.5 Å². The molecule has 6 nitrogen and oxygen atoms in total. The highest BCUT2D eigenvalue weighted by molar-refractivity contribution is 5.94. The Morgan fingerprint density at radius 3 is 2.09 bits per heavy atom. The van der Waals surface area contributed by atoms with Crippen molar-refractivity contribution in [1.29, 1.82) is 0 Å². The summed E-state index contributed by atoms with van der Waals surface area (Å²) in [7, 11) is 0. The fraction of sp³-hybridized carbons (Fsp3) is 0.438. The van der Waals surface area contributed by atoms with Gasteiger partial charge in [-0.2, -0.15) is 0 Å². The normalized spacial score (nSPS) is 10.7. The Morgan fingerprint density at radius 2 is 1.59 bits per heavy atom. The second-order valence-electron chi connectivity index (χ2n) is 6.06. The first-order valence-electron chi connectivity index (χ1n) is 7.14. The summed E-state index contributed by atoms with van der Waals surface area (Å²) < 4.78 is 0. The minimum atomic E-state index is -0.362. The fourth-order valence-corrected chi connectivity index (χ4v) is 1.73. The minimum absolute atomic E-state index is 0.0385. The van der Waals surface area contributed by atoms with Gasteiger partial charge in [0.1, 0.15) is 0 Å². The summed E-state index contributed by atoms with van der Waals surface area (Å²) in [5.41, 5.74) is 6.16. The Bertz CT molecular complexity index is 545. The summed E-state index contributed by atoms with van der Waals surface area (Å²) in [4.78, 5) is 33.9. The molecule has 3 amide bonds. The number of carbonyl (C=O) groups is 3. The van der Waals surface area contributed by atoms with Crippen LogP contribution in [0.15, 0.2) is 24.3 Å². The lowest BCUT2D eigenvalue weighted by molar-refractivity contribution is -0.127. The van der Waals surface area contributed by atoms with E-state index >= 15 is 0 Å². The molecule has 0 heterocycles. The summed E-state index contributed by atoms with van der Waals surface area (Å²) >= 11 is 0. The summed E-state index contributed by atoms with van der Waals surface area (Å²) in [6.45, 7) is 7.82. The maximum atomic E-state index is 11.9. The zero-order valence-corrected chi connectivity index (χ0v) is 13.4. The number of nitrogens with one attached hydrogen (secondary N) is 3. The molecule has 0 unspecified atom stereocenters. The lowest BCUT2D eigenvalue weighted by atomic mass is 9.87. The van der Waals surface area contributed by atoms with Crippen molar-refractivity contribution in [1.82, 2.24) is 16.2 Å². The van der Waals surface area contributed by atoms with Crippen LogP contribution in [-0.2, 0) is 15.0 Å². The van der Waals surface area contributed by atoms with Crippen molar-refractivity contribution >= 4 is 17.7 Å². The SMILES string of the molecule is CC(=O)NNC(=O)CCNC(=O)c1ccc(C(C)(C)C)cc1. The molecule has 1 aromatic carbocycles. The van der Waals surface area contributed by atoms with Gasteiger partial charge >= 0.3 is 0 Å². The highest BCUT2D eigenvalue weighted by atomic mass is 16.2. The van der Waals surface area contributed by atoms with E-state index in [1.54, 1.807) is 12.1 Å². The highest BCUT2D eigenvalue weighted by Gasteiger charge is 2.14. The second kappa shape index (κ2) is 7.59. The first kappa shape index (κ1) is 17.7. The standard InChI is InChI=1S/C16H23N3O3/c1-11(20)18-19-14(21)9-10-17-15(22)12-5-7-13(8-6-12)16(2,3)4/h5-8H,9-10H2,1-4H3,(H,17,22)(H,18,20)(H,19,21). The van der Waals surface area contributed by atoms with Crippen LogP contribution in [-0.4, -0.2) is 24.3 Å². The zero-order chi connectivity index (χ0) is 16.8. The number of benzene rings is 1. The van der Waals surface area contributed by atoms with Crippen LogP contribution in [0.3, 0.4) is 0 Å². The number of hydrazine groups is 1. The molecule has 0 atom stereocenters. The topological polar surface area (TPSA) is 87.3 Å². The van der Waals surface area contributed by atoms with Gasteiger partial charge in [0.15, 0.2) is 0 Å². The molecule has 6 heteroatoms. The van der Waals surface area contributed by atoms with Crippen molar-refractivity contribution in [3.63, 3.8) is 0 Å². The first-order valence-corrected chi connectivity index (χ1v) is 7.14. The Morgan fingerprint density at radius 1 is 1.00 bits per heavy atom. The smallest absolute Gasteiger partial charge is 0.251 e. The Labute approximate surface area is 130 Å². The van der Waals surface area contributed by atoms with E-state index in [0.29, 0.717) is 5.56 Å². The van der Waals surface area contributed by atoms with Gasteiger partial charge in [-0.3, -0.25) is 25.2 Å². The molecular weight excluding hydrogens is 282 g/mol. The Hall–Kier alpha value is -2.37. The van der Waals surface area contributed by atoms with Gasteiger partial charge in [-0.1, -0.05) is 32.9 Å². The van der Waals surface area contributed by atoms with E-state index in [4.69, 9.17) is 0 Å². The molecule has 1 aromatic rings. The van der Waals surface area contributed by atoms with E-state index in [-0.39, 0.29) is 36.1 Å². The molecule has 120 valence electrons. The van der Waals surface area contributed by atoms with Gasteiger partial charge in [-0.25, -0.2) is 0 Å². The van der Waals surface area contributed by atoms with Crippen LogP contribution >= 0.6 is 0 Å². The number of hydrogen-bond donors (Lipinski definition) is 3. The van der Waals surface area contributed by atoms with Crippen LogP contribution in [0, 0.1) is 0 Å². The van der Waals surface area contributed by atoms with Crippen LogP contribution < -0.4 is 16.2 Å². The zero-order valence-electron chi connectivity index (χ0n) is 13.4. The van der Waals surface area contributed by atoms with Crippen molar-refractivity contribution in [3.05, 3.63) is 35.4 Å². The summed E-state index contributed by atoms with van der Waals surface area (Å²) in [6.07, 6.45) is 0.0894. The van der Waals surface area contributed by atoms with E-state index in [1.165, 1.54) is 6.92 Å². The number of rotatable bonds is 4. The molecule has 0 fully saturated rings. The molecular formula is C16H23N3O3. The van der Waals surface area contributed by atoms with Crippen LogP contribution in [0.5, 0.6) is 0 Å². The van der Waals surface area contributed by atoms with Crippen molar-refractivity contribution < 1.29 is 14.4 Å². The number of carbonyl (C=O) groups excluding carboxylic acids is 3. The molecule has 0 aliphatic rings. The first-order chi connectivity index (χ1) is 10.2. The summed E-state index contributed by atoms with van der Waals surface area (Å²) in [5, 5.41) is 2.66. The molecule has 0 bridgehead atoms. The molecule has 0 saturated heterocycles. The molecule has 0 saturated carbocycles. The Kier molecular flexibility index (Phi) is 6.10. The molecule has 0 aliphatic heterocycles. The number of hydrogen-bond acceptors (Lipinski definition) is 3. The van der Waals surface area contributed by atoms with Gasteiger partial charge in [0, 0.05) is 25.5 Å². The van der Waals surface area contributed by atoms with E-state index in [9.17, 15) is 14.4 Å². The molecule has 0 aliphatic carbocycles. The van der Waals surface area contributed by atoms with Crippen molar-refractivity contribution in [3.8, 4) is 0 Å². The van der Waals surface area contributed by atoms with Gasteiger partial charge in [-0.05, 0) is 23.1 Å². The molecule has 0 aromatic heterocycles. The fourth-order valence-electron chi connectivity index (χ4n) is 1.73. The van der Waals surface area contributed by atoms with E-state index in [0.717, 1.165) is 5.56 Å². The van der Waals surface area contributed by atoms with Gasteiger partial charge in [-0.15, -0.1) is 0 Å². The van der Waals surface area contributed by atoms with Crippen LogP contribution in [0.4, 0.5) is 0 Å². The lowest BCUT2D eigenvalue weighted by Crippen LogP contribution is -2.41. The maximum Gasteiger partial charge on any atom is 0.251 e. The quantitative estimate of drug-likeness (QED) is 0.732. The minimum Gasteiger partial charge on any atom is -0.352 e. The third-order valence-corrected chi connectivity index (χ3v) is 3.03. The monoisotopic (exact) mass is 305 g/mol. The van der Waals surface area contributed by atoms with Gasteiger partial charge in [0.25, 0.3) is 5.91 Å². The van der Waals surface area contributed by atoms with Crippen molar-refractivity contribution in [2.24, 2.45) is 0 Å². The van der Waals surface area contributed by atoms with Crippen molar-refractivity contribution in [2.75, 3.05) is 6.54 Å². The predicted octanol–water partition coefficient (Wildman–Crippen LogP) is 1.27. The number of amides is 3. The van der Waals surface area contributed by atoms with Crippen LogP contribution in [0.25, 0.3) is 0 Å². The molecule has 0 radical (unpaired) electrons. The molecule has 1 rings (SSSR count). The van der Waals surface area contributed by atoms with Crippen LogP contribution in [0.1, 0.15) is 50.0 Å². The van der Waals surface area contributed by atoms with E-state index in [2.05, 4.69) is 36.9 Å². The summed E-state index contributed by atoms with van der Waals surface area (Å²) in [6, 6.07) is 7.40. The highest BCUT2D eigenvalue weighted by Crippen LogP contribution is 2.22. The van der Waals surface area contributed by atoms with Gasteiger partial charge < -0.3 is 5.32 Å². The molecule has 3 N–H and O–H groups in total. The summed E-state index contributed by atoms with van der Waals surface area (Å²) in [5.74, 6) is -0.942. The average molecular weight is 305 g/mol. The van der Waals surface area contributed by atoms with Crippen LogP contribution in [0.2, 0.25) is 0 Å². The van der Waals surface area contributed by atoms with Gasteiger partial charge in [0.05, 0.1) is 0 Å². The average Bonchev–Trinajstić information content (AvgIpc) is 2.44. The largest absolute Gasteiger partial charge is 0.352 e. The van der Waals surface area contributed by atoms with E-state index < -0.39 is 0 Å². The molecule has 22 heavy (non-hydrogen) atoms. The lowest BCUT2D eigenvalue weighted by Gasteiger charge is -2.19. The third-order valence-electron chi connectivity index (χ3n) is 3.03. The molecule has 0 spiro atoms.